The molecule has 3 saturated heterocycles. The second kappa shape index (κ2) is 14.8. The Morgan fingerprint density at radius 1 is 1.00 bits per heavy atom. The summed E-state index contributed by atoms with van der Waals surface area (Å²) in [4.78, 5) is 19.7. The normalized spacial score (nSPS) is 21.3. The summed E-state index contributed by atoms with van der Waals surface area (Å²) in [6.07, 6.45) is 3.06. The number of likely N-dealkylation sites (tertiary alicyclic amines) is 3. The third kappa shape index (κ3) is 8.06. The summed E-state index contributed by atoms with van der Waals surface area (Å²) in [7, 11) is 0. The van der Waals surface area contributed by atoms with Crippen LogP contribution in [-0.2, 0) is 30.5 Å². The topological polar surface area (TPSA) is 76.9 Å². The summed E-state index contributed by atoms with van der Waals surface area (Å²) in [5.74, 6) is 0.987. The van der Waals surface area contributed by atoms with Crippen molar-refractivity contribution in [3.8, 4) is 11.3 Å². The van der Waals surface area contributed by atoms with Crippen molar-refractivity contribution in [1.82, 2.24) is 29.8 Å². The molecule has 1 atom stereocenters. The number of β-amino-alcohol motifs (C(OH)–C–C–N with tert-alkyl or cyclic N) is 1. The highest BCUT2D eigenvalue weighted by molar-refractivity contribution is 7.99. The lowest BCUT2D eigenvalue weighted by Crippen LogP contribution is -2.44. The zero-order valence-corrected chi connectivity index (χ0v) is 27.0. The number of piperidine rings is 2. The zero-order chi connectivity index (χ0) is 31.4. The quantitative estimate of drug-likeness (QED) is 0.368. The van der Waals surface area contributed by atoms with Crippen molar-refractivity contribution in [2.75, 3.05) is 64.7 Å². The number of nitrogens with zero attached hydrogens (tertiary/aromatic N) is 5. The van der Waals surface area contributed by atoms with Crippen molar-refractivity contribution < 1.29 is 23.1 Å². The molecule has 6 rings (SSSR count). The Morgan fingerprint density at radius 2 is 1.73 bits per heavy atom. The molecule has 4 aliphatic rings. The van der Waals surface area contributed by atoms with E-state index in [1.807, 2.05) is 9.58 Å². The van der Waals surface area contributed by atoms with E-state index >= 15 is 0 Å². The lowest BCUT2D eigenvalue weighted by Gasteiger charge is -2.34. The van der Waals surface area contributed by atoms with Crippen LogP contribution < -0.4 is 5.32 Å². The molecule has 0 spiro atoms. The number of halogens is 3. The molecule has 5 heterocycles. The number of aromatic nitrogens is 2. The Bertz CT molecular complexity index is 1300. The first-order valence-corrected chi connectivity index (χ1v) is 17.8. The standard InChI is InChI=1S/C33H47F3N6O2S/c34-33(35,36)28-7-6-25(20-30(28)45-19-18-39-12-2-1-3-13-39)31-27-21-37-11-8-29(27)42(38-31)23-26(43)22-40-16-9-24(10-17-40)32(44)41-14-4-5-15-41/h6-7,20,24,26,37,43H,1-5,8-19,21-23H2. The highest BCUT2D eigenvalue weighted by Gasteiger charge is 2.35. The van der Waals surface area contributed by atoms with Crippen molar-refractivity contribution in [3.63, 3.8) is 0 Å². The first-order valence-electron chi connectivity index (χ1n) is 16.8. The van der Waals surface area contributed by atoms with Crippen LogP contribution in [0.1, 0.15) is 61.8 Å². The Balaban J connectivity index is 1.12. The van der Waals surface area contributed by atoms with Gasteiger partial charge in [-0.05, 0) is 76.8 Å². The molecule has 0 saturated carbocycles. The number of nitrogens with one attached hydrogen (secondary N) is 1. The van der Waals surface area contributed by atoms with Crippen LogP contribution in [0.25, 0.3) is 11.3 Å². The Kier molecular flexibility index (Phi) is 10.8. The Labute approximate surface area is 268 Å². The fourth-order valence-corrected chi connectivity index (χ4v) is 8.53. The average molecular weight is 649 g/mol. The van der Waals surface area contributed by atoms with Crippen molar-refractivity contribution in [2.45, 2.75) is 81.6 Å². The number of amides is 1. The van der Waals surface area contributed by atoms with Crippen molar-refractivity contribution in [3.05, 3.63) is 35.0 Å². The highest BCUT2D eigenvalue weighted by atomic mass is 32.2. The summed E-state index contributed by atoms with van der Waals surface area (Å²) in [6.45, 7) is 8.38. The van der Waals surface area contributed by atoms with Crippen molar-refractivity contribution in [1.29, 1.82) is 0 Å². The Morgan fingerprint density at radius 3 is 2.47 bits per heavy atom. The molecule has 1 aromatic carbocycles. The largest absolute Gasteiger partial charge is 0.417 e. The molecule has 2 aromatic rings. The van der Waals surface area contributed by atoms with E-state index in [1.165, 1.54) is 24.2 Å². The molecule has 3 fully saturated rings. The van der Waals surface area contributed by atoms with Crippen LogP contribution in [0.5, 0.6) is 0 Å². The second-order valence-electron chi connectivity index (χ2n) is 13.1. The van der Waals surface area contributed by atoms with Crippen LogP contribution in [0.2, 0.25) is 0 Å². The minimum atomic E-state index is -4.42. The number of benzene rings is 1. The fourth-order valence-electron chi connectivity index (χ4n) is 7.41. The van der Waals surface area contributed by atoms with Crippen LogP contribution >= 0.6 is 11.8 Å². The molecule has 12 heteroatoms. The highest BCUT2D eigenvalue weighted by Crippen LogP contribution is 2.40. The van der Waals surface area contributed by atoms with Gasteiger partial charge < -0.3 is 25.1 Å². The average Bonchev–Trinajstić information content (AvgIpc) is 3.70. The third-order valence-electron chi connectivity index (χ3n) is 9.89. The molecule has 0 bridgehead atoms. The van der Waals surface area contributed by atoms with Gasteiger partial charge in [0.1, 0.15) is 0 Å². The molecule has 1 amide bonds. The van der Waals surface area contributed by atoms with E-state index in [0.717, 1.165) is 109 Å². The second-order valence-corrected chi connectivity index (χ2v) is 14.2. The number of rotatable bonds is 10. The summed E-state index contributed by atoms with van der Waals surface area (Å²) in [6, 6.07) is 4.41. The molecule has 1 aromatic heterocycles. The van der Waals surface area contributed by atoms with Gasteiger partial charge in [0.15, 0.2) is 0 Å². The summed E-state index contributed by atoms with van der Waals surface area (Å²) in [5.41, 5.74) is 2.82. The van der Waals surface area contributed by atoms with E-state index in [1.54, 1.807) is 12.1 Å². The van der Waals surface area contributed by atoms with Crippen LogP contribution in [0, 0.1) is 5.92 Å². The maximum absolute atomic E-state index is 14.0. The maximum atomic E-state index is 14.0. The molecule has 45 heavy (non-hydrogen) atoms. The third-order valence-corrected chi connectivity index (χ3v) is 10.9. The van der Waals surface area contributed by atoms with Gasteiger partial charge in [0.2, 0.25) is 5.91 Å². The number of hydrogen-bond donors (Lipinski definition) is 2. The number of carbonyl (C=O) groups is 1. The van der Waals surface area contributed by atoms with Gasteiger partial charge in [-0.3, -0.25) is 9.48 Å². The SMILES string of the molecule is O=C(C1CCN(CC(O)Cn2nc(-c3ccc(C(F)(F)F)c(SCCN4CCCCC4)c3)c3c2CCNC3)CC1)N1CCCC1. The molecule has 0 aliphatic carbocycles. The molecule has 8 nitrogen and oxygen atoms in total. The van der Waals surface area contributed by atoms with E-state index in [0.29, 0.717) is 42.6 Å². The molecule has 4 aliphatic heterocycles. The number of aliphatic hydroxyl groups excluding tert-OH is 1. The van der Waals surface area contributed by atoms with Crippen LogP contribution in [0.4, 0.5) is 13.2 Å². The number of alkyl halides is 3. The van der Waals surface area contributed by atoms with Crippen LogP contribution in [-0.4, -0.2) is 106 Å². The minimum absolute atomic E-state index is 0.0845. The summed E-state index contributed by atoms with van der Waals surface area (Å²) in [5, 5.41) is 19.4. The molecular formula is C33H47F3N6O2S. The lowest BCUT2D eigenvalue weighted by atomic mass is 9.95. The van der Waals surface area contributed by atoms with Crippen molar-refractivity contribution >= 4 is 17.7 Å². The van der Waals surface area contributed by atoms with Crippen molar-refractivity contribution in [2.24, 2.45) is 5.92 Å². The number of hydrogen-bond acceptors (Lipinski definition) is 7. The molecule has 248 valence electrons. The zero-order valence-electron chi connectivity index (χ0n) is 26.2. The van der Waals surface area contributed by atoms with E-state index in [9.17, 15) is 23.1 Å². The van der Waals surface area contributed by atoms with E-state index in [4.69, 9.17) is 5.10 Å². The van der Waals surface area contributed by atoms with E-state index < -0.39 is 17.8 Å². The van der Waals surface area contributed by atoms with Gasteiger partial charge in [0, 0.05) is 79.1 Å². The first kappa shape index (κ1) is 32.8. The van der Waals surface area contributed by atoms with Gasteiger partial charge in [-0.1, -0.05) is 12.5 Å². The van der Waals surface area contributed by atoms with Crippen LogP contribution in [0.15, 0.2) is 23.1 Å². The van der Waals surface area contributed by atoms with Gasteiger partial charge in [0.25, 0.3) is 0 Å². The predicted octanol–water partition coefficient (Wildman–Crippen LogP) is 4.49. The molecule has 2 N–H and O–H groups in total. The van der Waals surface area contributed by atoms with Crippen LogP contribution in [0.3, 0.4) is 0 Å². The van der Waals surface area contributed by atoms with E-state index in [2.05, 4.69) is 15.1 Å². The lowest BCUT2D eigenvalue weighted by molar-refractivity contribution is -0.139. The smallest absolute Gasteiger partial charge is 0.390 e. The summed E-state index contributed by atoms with van der Waals surface area (Å²) >= 11 is 1.28. The van der Waals surface area contributed by atoms with Gasteiger partial charge in [-0.15, -0.1) is 11.8 Å². The number of thioether (sulfide) groups is 1. The fraction of sp³-hybridized carbons (Fsp3) is 0.697. The number of aliphatic hydroxyl groups is 1. The van der Waals surface area contributed by atoms with Gasteiger partial charge in [-0.25, -0.2) is 0 Å². The van der Waals surface area contributed by atoms with Gasteiger partial charge in [0.05, 0.1) is 23.9 Å². The predicted molar refractivity (Wildman–Crippen MR) is 170 cm³/mol. The maximum Gasteiger partial charge on any atom is 0.417 e. The monoisotopic (exact) mass is 648 g/mol. The van der Waals surface area contributed by atoms with Gasteiger partial charge >= 0.3 is 6.18 Å². The molecular weight excluding hydrogens is 601 g/mol. The van der Waals surface area contributed by atoms with E-state index in [-0.39, 0.29) is 10.8 Å². The number of carbonyl (C=O) groups excluding carboxylic acids is 1. The summed E-state index contributed by atoms with van der Waals surface area (Å²) < 4.78 is 43.9. The molecule has 0 radical (unpaired) electrons. The minimum Gasteiger partial charge on any atom is -0.390 e. The Hall–Kier alpha value is -2.12. The number of fused-ring (bicyclic) bond motifs is 1. The van der Waals surface area contributed by atoms with Gasteiger partial charge in [-0.2, -0.15) is 18.3 Å². The first-order chi connectivity index (χ1) is 21.8. The molecule has 1 unspecified atom stereocenters.